The molecule has 2 aromatic rings. The van der Waals surface area contributed by atoms with Crippen LogP contribution in [0.25, 0.3) is 0 Å². The van der Waals surface area contributed by atoms with E-state index in [0.717, 1.165) is 61.6 Å². The number of fused-ring (bicyclic) bond motifs is 5. The predicted molar refractivity (Wildman–Crippen MR) is 173 cm³/mol. The Morgan fingerprint density at radius 3 is 2.27 bits per heavy atom. The van der Waals surface area contributed by atoms with E-state index in [2.05, 4.69) is 35.1 Å². The van der Waals surface area contributed by atoms with Gasteiger partial charge in [0, 0.05) is 11.8 Å². The minimum atomic E-state index is -0.893. The van der Waals surface area contributed by atoms with Crippen molar-refractivity contribution in [3.8, 4) is 24.5 Å². The van der Waals surface area contributed by atoms with Crippen molar-refractivity contribution >= 4 is 5.78 Å². The molecule has 1 aromatic heterocycles. The van der Waals surface area contributed by atoms with Crippen molar-refractivity contribution in [2.24, 2.45) is 29.1 Å². The molecule has 236 valence electrons. The molecule has 0 radical (unpaired) electrons. The molecule has 6 atom stereocenters. The number of rotatable bonds is 5. The van der Waals surface area contributed by atoms with E-state index in [1.54, 1.807) is 11.0 Å². The van der Waals surface area contributed by atoms with Crippen LogP contribution < -0.4 is 0 Å². The van der Waals surface area contributed by atoms with E-state index in [-0.39, 0.29) is 5.41 Å². The van der Waals surface area contributed by atoms with Gasteiger partial charge in [0.1, 0.15) is 18.3 Å². The zero-order valence-corrected chi connectivity index (χ0v) is 27.5. The van der Waals surface area contributed by atoms with Gasteiger partial charge in [-0.3, -0.25) is 4.79 Å². The molecule has 0 amide bonds. The first kappa shape index (κ1) is 32.7. The van der Waals surface area contributed by atoms with Gasteiger partial charge >= 0.3 is 0 Å². The van der Waals surface area contributed by atoms with Gasteiger partial charge in [-0.15, -0.1) is 6.42 Å². The fourth-order valence-electron chi connectivity index (χ4n) is 9.10. The summed E-state index contributed by atoms with van der Waals surface area (Å²) in [4.78, 5) is 15.7. The molecule has 4 aliphatic carbocycles. The van der Waals surface area contributed by atoms with Gasteiger partial charge in [-0.1, -0.05) is 36.6 Å². The van der Waals surface area contributed by atoms with Gasteiger partial charge in [0.25, 0.3) is 0 Å². The fourth-order valence-corrected chi connectivity index (χ4v) is 9.10. The van der Waals surface area contributed by atoms with Crippen molar-refractivity contribution in [3.05, 3.63) is 59.2 Å². The number of ketones is 1. The molecule has 7 heteroatoms. The van der Waals surface area contributed by atoms with E-state index in [1.165, 1.54) is 24.7 Å². The van der Waals surface area contributed by atoms with Gasteiger partial charge in [0.2, 0.25) is 0 Å². The maximum atomic E-state index is 11.8. The third-order valence-electron chi connectivity index (χ3n) is 11.8. The summed E-state index contributed by atoms with van der Waals surface area (Å²) >= 11 is 0. The summed E-state index contributed by atoms with van der Waals surface area (Å²) in [5.41, 5.74) is 2.07. The summed E-state index contributed by atoms with van der Waals surface area (Å²) in [6.45, 7) is 10.3. The molecule has 0 saturated heterocycles. The van der Waals surface area contributed by atoms with Gasteiger partial charge in [-0.2, -0.15) is 15.6 Å². The molecule has 1 N–H and O–H groups in total. The van der Waals surface area contributed by atoms with Gasteiger partial charge in [0.05, 0.1) is 29.5 Å². The number of hydrogen-bond donors (Lipinski definition) is 1. The van der Waals surface area contributed by atoms with Crippen molar-refractivity contribution < 1.29 is 9.90 Å². The lowest BCUT2D eigenvalue weighted by Gasteiger charge is -2.55. The Labute approximate surface area is 268 Å². The van der Waals surface area contributed by atoms with Crippen LogP contribution in [0.2, 0.25) is 0 Å². The summed E-state index contributed by atoms with van der Waals surface area (Å²) in [5, 5.41) is 34.0. The largest absolute Gasteiger partial charge is 0.377 e. The number of nitrogens with zero attached hydrogens (tertiary/aromatic N) is 5. The highest BCUT2D eigenvalue weighted by molar-refractivity contribution is 5.91. The van der Waals surface area contributed by atoms with Gasteiger partial charge in [-0.25, -0.2) is 9.67 Å². The highest BCUT2D eigenvalue weighted by Crippen LogP contribution is 2.66. The van der Waals surface area contributed by atoms with E-state index in [1.807, 2.05) is 52.0 Å². The fraction of sp³-hybridized carbons (Fsp3) is 0.605. The molecule has 3 saturated carbocycles. The summed E-state index contributed by atoms with van der Waals surface area (Å²) in [6, 6.07) is 10.6. The molecule has 0 spiro atoms. The summed E-state index contributed by atoms with van der Waals surface area (Å²) < 4.78 is 1.72. The molecule has 0 aliphatic heterocycles. The molecule has 0 bridgehead atoms. The van der Waals surface area contributed by atoms with Gasteiger partial charge in [-0.05, 0) is 125 Å². The molecule has 1 heterocycles. The Bertz CT molecular complexity index is 1540. The first-order valence-electron chi connectivity index (χ1n) is 16.6. The molecule has 4 aliphatic rings. The summed E-state index contributed by atoms with van der Waals surface area (Å²) in [5.74, 6) is 5.73. The summed E-state index contributed by atoms with van der Waals surface area (Å²) in [7, 11) is 0. The lowest BCUT2D eigenvalue weighted by atomic mass is 9.49. The third kappa shape index (κ3) is 5.87. The molecule has 45 heavy (non-hydrogen) atoms. The number of carbonyl (C=O) groups is 1. The molecule has 0 unspecified atom stereocenters. The Morgan fingerprint density at radius 1 is 1.00 bits per heavy atom. The van der Waals surface area contributed by atoms with Crippen molar-refractivity contribution in [3.63, 3.8) is 0 Å². The zero-order chi connectivity index (χ0) is 32.6. The highest BCUT2D eigenvalue weighted by atomic mass is 16.3. The summed E-state index contributed by atoms with van der Waals surface area (Å²) in [6.07, 6.45) is 20.0. The van der Waals surface area contributed by atoms with Crippen LogP contribution in [-0.2, 0) is 22.2 Å². The van der Waals surface area contributed by atoms with Gasteiger partial charge in [0.15, 0.2) is 5.78 Å². The normalized spacial score (nSPS) is 30.6. The lowest BCUT2D eigenvalue weighted by molar-refractivity contribution is -0.117. The number of nitriles is 2. The molecule has 1 aromatic carbocycles. The smallest absolute Gasteiger partial charge is 0.155 e. The van der Waals surface area contributed by atoms with Crippen LogP contribution >= 0.6 is 0 Å². The average Bonchev–Trinajstić information content (AvgIpc) is 3.66. The quantitative estimate of drug-likeness (QED) is 0.374. The standard InChI is InChI=1S/C21H28O2.C17H19N5/c1-3-20-11-9-17-16-8-6-15(22)13-14(16)5-7-18(17)19(20)10-12-21(20,23)4-2;1-16(2,9-18)14-5-13(8-22-12-20-11-21-22)6-15(7-14)17(3,4)10-19/h2,13,16-19,23H,3,5-12H2,1H3;5-7,11-12H,8H2,1-4H3/t16-,17+,18+,19-,20-,21-;/m0./s1. The van der Waals surface area contributed by atoms with E-state index < -0.39 is 16.4 Å². The maximum absolute atomic E-state index is 11.8. The first-order valence-corrected chi connectivity index (χ1v) is 16.6. The molecule has 3 fully saturated rings. The van der Waals surface area contributed by atoms with Crippen molar-refractivity contribution in [2.75, 3.05) is 0 Å². The maximum Gasteiger partial charge on any atom is 0.155 e. The van der Waals surface area contributed by atoms with Crippen LogP contribution in [0.5, 0.6) is 0 Å². The van der Waals surface area contributed by atoms with Crippen molar-refractivity contribution in [2.45, 2.75) is 115 Å². The van der Waals surface area contributed by atoms with Crippen LogP contribution in [0.4, 0.5) is 0 Å². The minimum Gasteiger partial charge on any atom is -0.377 e. The number of allylic oxidation sites excluding steroid dienone is 1. The lowest BCUT2D eigenvalue weighted by Crippen LogP contribution is -2.53. The minimum absolute atomic E-state index is 0.0609. The predicted octanol–water partition coefficient (Wildman–Crippen LogP) is 6.81. The van der Waals surface area contributed by atoms with Crippen molar-refractivity contribution in [1.29, 1.82) is 10.5 Å². The molecular formula is C38H47N5O2. The van der Waals surface area contributed by atoms with E-state index in [9.17, 15) is 20.4 Å². The number of aliphatic hydroxyl groups is 1. The molecular weight excluding hydrogens is 558 g/mol. The Balaban J connectivity index is 0.000000178. The van der Waals surface area contributed by atoms with Gasteiger partial charge < -0.3 is 5.11 Å². The highest BCUT2D eigenvalue weighted by Gasteiger charge is 2.63. The number of hydrogen-bond acceptors (Lipinski definition) is 6. The van der Waals surface area contributed by atoms with Crippen LogP contribution in [-0.4, -0.2) is 31.3 Å². The second-order valence-electron chi connectivity index (χ2n) is 14.9. The number of aromatic nitrogens is 3. The Kier molecular flexibility index (Phi) is 8.87. The third-order valence-corrected chi connectivity index (χ3v) is 11.8. The first-order chi connectivity index (χ1) is 21.3. The van der Waals surface area contributed by atoms with Crippen LogP contribution in [0.15, 0.2) is 42.5 Å². The number of benzene rings is 1. The van der Waals surface area contributed by atoms with Crippen LogP contribution in [0.3, 0.4) is 0 Å². The second-order valence-corrected chi connectivity index (χ2v) is 14.9. The Hall–Kier alpha value is -3.73. The van der Waals surface area contributed by atoms with E-state index >= 15 is 0 Å². The van der Waals surface area contributed by atoms with E-state index in [4.69, 9.17) is 6.42 Å². The zero-order valence-electron chi connectivity index (χ0n) is 27.5. The van der Waals surface area contributed by atoms with E-state index in [0.29, 0.717) is 36.0 Å². The SMILES string of the molecule is C#C[C@]1(O)CC[C@H]2[C@@H]3CCC4=CC(=O)CC[C@@H]4[C@H]3CC[C@@]21CC.CC(C)(C#N)c1cc(Cn2cncn2)cc(C(C)(C)C#N)c1. The Morgan fingerprint density at radius 2 is 1.69 bits per heavy atom. The van der Waals surface area contributed by atoms with Crippen LogP contribution in [0.1, 0.15) is 109 Å². The number of carbonyl (C=O) groups excluding carboxylic acids is 1. The van der Waals surface area contributed by atoms with Crippen molar-refractivity contribution in [1.82, 2.24) is 14.8 Å². The van der Waals surface area contributed by atoms with Crippen LogP contribution in [0, 0.1) is 64.1 Å². The average molecular weight is 606 g/mol. The monoisotopic (exact) mass is 605 g/mol. The topological polar surface area (TPSA) is 116 Å². The molecule has 6 rings (SSSR count). The second kappa shape index (κ2) is 12.2. The molecule has 7 nitrogen and oxygen atoms in total. The number of terminal acetylenes is 1.